The molecule has 0 aliphatic carbocycles. The van der Waals surface area contributed by atoms with Gasteiger partial charge in [-0.2, -0.15) is 5.10 Å². The third-order valence-corrected chi connectivity index (χ3v) is 5.91. The summed E-state index contributed by atoms with van der Waals surface area (Å²) in [4.78, 5) is 43.8. The molecule has 2 aliphatic heterocycles. The average Bonchev–Trinajstić information content (AvgIpc) is 3.26. The van der Waals surface area contributed by atoms with Gasteiger partial charge in [0.25, 0.3) is 5.91 Å². The first-order valence-electron chi connectivity index (χ1n) is 10.8. The van der Waals surface area contributed by atoms with Crippen molar-refractivity contribution < 1.29 is 18.8 Å². The van der Waals surface area contributed by atoms with E-state index in [2.05, 4.69) is 15.4 Å². The molecule has 0 bridgehead atoms. The number of hydrogen-bond acceptors (Lipinski definition) is 6. The average molecular weight is 452 g/mol. The number of amides is 3. The highest BCUT2D eigenvalue weighted by Crippen LogP contribution is 2.27. The van der Waals surface area contributed by atoms with Crippen LogP contribution in [0.25, 0.3) is 0 Å². The molecule has 9 nitrogen and oxygen atoms in total. The number of likely N-dealkylation sites (tertiary alicyclic amines) is 1. The molecule has 1 fully saturated rings. The zero-order chi connectivity index (χ0) is 23.5. The lowest BCUT2D eigenvalue weighted by Crippen LogP contribution is -2.46. The van der Waals surface area contributed by atoms with Crippen LogP contribution in [0.2, 0.25) is 0 Å². The van der Waals surface area contributed by atoms with E-state index in [1.54, 1.807) is 17.2 Å². The van der Waals surface area contributed by atoms with Crippen molar-refractivity contribution in [1.82, 2.24) is 9.88 Å². The number of aromatic nitrogens is 1. The topological polar surface area (TPSA) is 121 Å². The van der Waals surface area contributed by atoms with Crippen molar-refractivity contribution in [1.29, 1.82) is 0 Å². The SMILES string of the molecule is Cc1cccnc1NC(=O)C1CCCN(C(=O)C2=NN(c3ccc(F)cc3)C(C(N)=O)C2)C1. The summed E-state index contributed by atoms with van der Waals surface area (Å²) in [6.45, 7) is 2.59. The second-order valence-electron chi connectivity index (χ2n) is 8.24. The number of piperidine rings is 1. The highest BCUT2D eigenvalue weighted by molar-refractivity contribution is 6.40. The Bertz CT molecular complexity index is 1100. The molecule has 33 heavy (non-hydrogen) atoms. The third kappa shape index (κ3) is 4.84. The molecule has 2 aliphatic rings. The standard InChI is InChI=1S/C23H25FN6O3/c1-14-4-2-10-26-21(14)27-22(32)15-5-3-11-29(13-15)23(33)18-12-19(20(25)31)30(28-18)17-8-6-16(24)7-9-17/h2,4,6-10,15,19H,3,5,11-13H2,1H3,(H2,25,31)(H,26,27,32). The molecule has 1 saturated heterocycles. The lowest BCUT2D eigenvalue weighted by Gasteiger charge is -2.32. The number of pyridine rings is 1. The van der Waals surface area contributed by atoms with Gasteiger partial charge >= 0.3 is 0 Å². The van der Waals surface area contributed by atoms with E-state index in [1.807, 2.05) is 13.0 Å². The van der Waals surface area contributed by atoms with Crippen LogP contribution in [0.5, 0.6) is 0 Å². The number of primary amides is 1. The molecule has 0 radical (unpaired) electrons. The zero-order valence-electron chi connectivity index (χ0n) is 18.2. The van der Waals surface area contributed by atoms with Crippen molar-refractivity contribution in [2.75, 3.05) is 23.4 Å². The number of hydrazone groups is 1. The first kappa shape index (κ1) is 22.4. The maximum Gasteiger partial charge on any atom is 0.270 e. The highest BCUT2D eigenvalue weighted by atomic mass is 19.1. The van der Waals surface area contributed by atoms with E-state index in [4.69, 9.17) is 5.73 Å². The van der Waals surface area contributed by atoms with Gasteiger partial charge < -0.3 is 16.0 Å². The predicted molar refractivity (Wildman–Crippen MR) is 121 cm³/mol. The van der Waals surface area contributed by atoms with E-state index in [1.165, 1.54) is 29.3 Å². The number of benzene rings is 1. The number of rotatable bonds is 5. The Morgan fingerprint density at radius 3 is 2.64 bits per heavy atom. The van der Waals surface area contributed by atoms with Crippen LogP contribution >= 0.6 is 0 Å². The molecule has 1 aromatic carbocycles. The molecule has 10 heteroatoms. The molecule has 4 rings (SSSR count). The minimum absolute atomic E-state index is 0.0477. The maximum atomic E-state index is 13.3. The predicted octanol–water partition coefficient (Wildman–Crippen LogP) is 1.83. The van der Waals surface area contributed by atoms with Gasteiger partial charge in [-0.15, -0.1) is 0 Å². The van der Waals surface area contributed by atoms with Gasteiger partial charge in [-0.05, 0) is 55.7 Å². The van der Waals surface area contributed by atoms with Crippen LogP contribution in [0.4, 0.5) is 15.9 Å². The summed E-state index contributed by atoms with van der Waals surface area (Å²) < 4.78 is 13.3. The Morgan fingerprint density at radius 2 is 1.94 bits per heavy atom. The number of nitrogens with one attached hydrogen (secondary N) is 1. The second kappa shape index (κ2) is 9.35. The van der Waals surface area contributed by atoms with Crippen molar-refractivity contribution in [3.8, 4) is 0 Å². The molecular weight excluding hydrogens is 427 g/mol. The number of hydrogen-bond donors (Lipinski definition) is 2. The van der Waals surface area contributed by atoms with Crippen molar-refractivity contribution in [3.63, 3.8) is 0 Å². The van der Waals surface area contributed by atoms with Crippen LogP contribution in [-0.4, -0.2) is 52.4 Å². The molecule has 0 spiro atoms. The molecule has 2 aromatic rings. The Labute approximate surface area is 190 Å². The molecular formula is C23H25FN6O3. The monoisotopic (exact) mass is 452 g/mol. The zero-order valence-corrected chi connectivity index (χ0v) is 18.2. The normalized spacial score (nSPS) is 20.4. The highest BCUT2D eigenvalue weighted by Gasteiger charge is 2.38. The summed E-state index contributed by atoms with van der Waals surface area (Å²) in [6, 6.07) is 8.26. The van der Waals surface area contributed by atoms with Crippen LogP contribution in [0.1, 0.15) is 24.8 Å². The van der Waals surface area contributed by atoms with Gasteiger partial charge in [0.05, 0.1) is 11.6 Å². The molecule has 3 amide bonds. The van der Waals surface area contributed by atoms with Crippen LogP contribution in [0.3, 0.4) is 0 Å². The van der Waals surface area contributed by atoms with Crippen molar-refractivity contribution >= 4 is 34.9 Å². The number of carbonyl (C=O) groups is 3. The fourth-order valence-corrected chi connectivity index (χ4v) is 4.09. The number of anilines is 2. The van der Waals surface area contributed by atoms with Gasteiger partial charge in [0, 0.05) is 25.7 Å². The number of halogens is 1. The van der Waals surface area contributed by atoms with Gasteiger partial charge in [-0.3, -0.25) is 19.4 Å². The van der Waals surface area contributed by atoms with Crippen molar-refractivity contribution in [3.05, 3.63) is 54.0 Å². The molecule has 172 valence electrons. The van der Waals surface area contributed by atoms with E-state index < -0.39 is 17.8 Å². The van der Waals surface area contributed by atoms with Crippen molar-refractivity contribution in [2.24, 2.45) is 16.8 Å². The maximum absolute atomic E-state index is 13.3. The van der Waals surface area contributed by atoms with Gasteiger partial charge in [0.15, 0.2) is 0 Å². The van der Waals surface area contributed by atoms with Gasteiger partial charge in [-0.25, -0.2) is 9.37 Å². The third-order valence-electron chi connectivity index (χ3n) is 5.91. The van der Waals surface area contributed by atoms with E-state index in [0.717, 1.165) is 5.56 Å². The summed E-state index contributed by atoms with van der Waals surface area (Å²) >= 11 is 0. The van der Waals surface area contributed by atoms with Gasteiger partial charge in [0.2, 0.25) is 11.8 Å². The Balaban J connectivity index is 1.47. The number of nitrogens with two attached hydrogens (primary N) is 1. The fourth-order valence-electron chi connectivity index (χ4n) is 4.09. The van der Waals surface area contributed by atoms with Crippen molar-refractivity contribution in [2.45, 2.75) is 32.2 Å². The summed E-state index contributed by atoms with van der Waals surface area (Å²) in [5.74, 6) is -1.46. The van der Waals surface area contributed by atoms with Crippen LogP contribution < -0.4 is 16.1 Å². The molecule has 1 aromatic heterocycles. The van der Waals surface area contributed by atoms with Crippen LogP contribution in [0.15, 0.2) is 47.7 Å². The summed E-state index contributed by atoms with van der Waals surface area (Å²) in [5.41, 5.74) is 7.03. The molecule has 3 heterocycles. The second-order valence-corrected chi connectivity index (χ2v) is 8.24. The number of aryl methyl sites for hydroxylation is 1. The molecule has 0 saturated carbocycles. The quantitative estimate of drug-likeness (QED) is 0.717. The lowest BCUT2D eigenvalue weighted by molar-refractivity contribution is -0.128. The minimum atomic E-state index is -0.842. The minimum Gasteiger partial charge on any atom is -0.368 e. The molecule has 3 N–H and O–H groups in total. The summed E-state index contributed by atoms with van der Waals surface area (Å²) in [6.07, 6.45) is 2.98. The van der Waals surface area contributed by atoms with Crippen LogP contribution in [0, 0.1) is 18.7 Å². The van der Waals surface area contributed by atoms with E-state index >= 15 is 0 Å². The Hall–Kier alpha value is -3.82. The first-order valence-corrected chi connectivity index (χ1v) is 10.8. The molecule has 2 unspecified atom stereocenters. The Kier molecular flexibility index (Phi) is 6.34. The fraction of sp³-hybridized carbons (Fsp3) is 0.348. The molecule has 2 atom stereocenters. The number of carbonyl (C=O) groups excluding carboxylic acids is 3. The summed E-state index contributed by atoms with van der Waals surface area (Å²) in [5, 5.41) is 8.54. The smallest absolute Gasteiger partial charge is 0.270 e. The van der Waals surface area contributed by atoms with E-state index in [9.17, 15) is 18.8 Å². The number of nitrogens with zero attached hydrogens (tertiary/aromatic N) is 4. The largest absolute Gasteiger partial charge is 0.368 e. The Morgan fingerprint density at radius 1 is 1.18 bits per heavy atom. The first-order chi connectivity index (χ1) is 15.8. The lowest BCUT2D eigenvalue weighted by atomic mass is 9.96. The summed E-state index contributed by atoms with van der Waals surface area (Å²) in [7, 11) is 0. The van der Waals surface area contributed by atoms with Crippen LogP contribution in [-0.2, 0) is 14.4 Å². The van der Waals surface area contributed by atoms with Gasteiger partial charge in [-0.1, -0.05) is 6.07 Å². The van der Waals surface area contributed by atoms with E-state index in [-0.39, 0.29) is 36.4 Å². The van der Waals surface area contributed by atoms with E-state index in [0.29, 0.717) is 30.9 Å². The van der Waals surface area contributed by atoms with Gasteiger partial charge in [0.1, 0.15) is 23.4 Å².